The normalized spacial score (nSPS) is 15.0. The molecule has 1 aliphatic heterocycles. The minimum absolute atomic E-state index is 0.225. The molecule has 2 N–H and O–H groups in total. The van der Waals surface area contributed by atoms with Crippen LogP contribution in [-0.4, -0.2) is 54.6 Å². The average molecular weight is 379 g/mol. The summed E-state index contributed by atoms with van der Waals surface area (Å²) in [5.74, 6) is 1.34. The van der Waals surface area contributed by atoms with Crippen molar-refractivity contribution in [1.82, 2.24) is 4.90 Å². The van der Waals surface area contributed by atoms with E-state index in [4.69, 9.17) is 9.47 Å². The smallest absolute Gasteiger partial charge is 0.119 e. The first kappa shape index (κ1) is 18.6. The summed E-state index contributed by atoms with van der Waals surface area (Å²) in [6, 6.07) is 16.7. The number of fused-ring (bicyclic) bond motifs is 1. The minimum atomic E-state index is 0.225. The molecule has 28 heavy (non-hydrogen) atoms. The van der Waals surface area contributed by atoms with Gasteiger partial charge in [-0.15, -0.1) is 0 Å². The first-order chi connectivity index (χ1) is 13.7. The van der Waals surface area contributed by atoms with Crippen LogP contribution in [0.4, 0.5) is 0 Å². The average Bonchev–Trinajstić information content (AvgIpc) is 2.72. The van der Waals surface area contributed by atoms with Crippen LogP contribution in [0.15, 0.2) is 54.6 Å². The maximum absolute atomic E-state index is 10.3. The third kappa shape index (κ3) is 4.38. The highest BCUT2D eigenvalue weighted by Gasteiger charge is 2.11. The van der Waals surface area contributed by atoms with Crippen molar-refractivity contribution in [3.05, 3.63) is 65.7 Å². The predicted molar refractivity (Wildman–Crippen MR) is 109 cm³/mol. The number of morpholine rings is 1. The SMILES string of the molecule is Oc1ccc2c(Cc3ccc(OCCN4CCOCC4)cc3)c(O)ccc2c1. The fraction of sp³-hybridized carbons (Fsp3) is 0.304. The Labute approximate surface area is 164 Å². The van der Waals surface area contributed by atoms with Gasteiger partial charge in [-0.1, -0.05) is 24.3 Å². The number of phenolic OH excluding ortho intramolecular Hbond substituents is 2. The van der Waals surface area contributed by atoms with Gasteiger partial charge in [0.2, 0.25) is 0 Å². The van der Waals surface area contributed by atoms with Crippen molar-refractivity contribution in [2.45, 2.75) is 6.42 Å². The van der Waals surface area contributed by atoms with E-state index in [1.807, 2.05) is 36.4 Å². The molecule has 1 heterocycles. The fourth-order valence-corrected chi connectivity index (χ4v) is 3.58. The van der Waals surface area contributed by atoms with Crippen LogP contribution in [0.25, 0.3) is 10.8 Å². The molecule has 3 aromatic carbocycles. The molecule has 0 spiro atoms. The van der Waals surface area contributed by atoms with Gasteiger partial charge in [-0.25, -0.2) is 0 Å². The highest BCUT2D eigenvalue weighted by molar-refractivity contribution is 5.89. The zero-order chi connectivity index (χ0) is 19.3. The van der Waals surface area contributed by atoms with Crippen molar-refractivity contribution in [1.29, 1.82) is 0 Å². The van der Waals surface area contributed by atoms with Gasteiger partial charge in [0, 0.05) is 31.6 Å². The second kappa shape index (κ2) is 8.50. The Balaban J connectivity index is 1.40. The van der Waals surface area contributed by atoms with E-state index in [0.29, 0.717) is 13.0 Å². The molecule has 5 nitrogen and oxygen atoms in total. The second-order valence-electron chi connectivity index (χ2n) is 7.09. The van der Waals surface area contributed by atoms with Crippen LogP contribution in [0.1, 0.15) is 11.1 Å². The van der Waals surface area contributed by atoms with Crippen LogP contribution in [0.5, 0.6) is 17.2 Å². The number of phenols is 2. The Bertz CT molecular complexity index is 933. The highest BCUT2D eigenvalue weighted by Crippen LogP contribution is 2.31. The van der Waals surface area contributed by atoms with E-state index in [1.165, 1.54) is 0 Å². The molecule has 1 saturated heterocycles. The number of ether oxygens (including phenoxy) is 2. The van der Waals surface area contributed by atoms with Gasteiger partial charge in [0.25, 0.3) is 0 Å². The third-order valence-electron chi connectivity index (χ3n) is 5.17. The van der Waals surface area contributed by atoms with Crippen LogP contribution in [0, 0.1) is 0 Å². The predicted octanol–water partition coefficient (Wildman–Crippen LogP) is 3.55. The standard InChI is InChI=1S/C23H25NO4/c25-19-4-7-21-18(16-19)3-8-23(26)22(21)15-17-1-5-20(6-2-17)28-14-11-24-9-12-27-13-10-24/h1-8,16,25-26H,9-15H2. The first-order valence-electron chi connectivity index (χ1n) is 9.64. The van der Waals surface area contributed by atoms with E-state index < -0.39 is 0 Å². The van der Waals surface area contributed by atoms with E-state index in [-0.39, 0.29) is 11.5 Å². The maximum atomic E-state index is 10.3. The zero-order valence-corrected chi connectivity index (χ0v) is 15.8. The summed E-state index contributed by atoms with van der Waals surface area (Å²) < 4.78 is 11.2. The van der Waals surface area contributed by atoms with Gasteiger partial charge in [0.1, 0.15) is 23.9 Å². The van der Waals surface area contributed by atoms with Crippen molar-refractivity contribution in [3.8, 4) is 17.2 Å². The summed E-state index contributed by atoms with van der Waals surface area (Å²) in [4.78, 5) is 2.35. The Morgan fingerprint density at radius 2 is 1.71 bits per heavy atom. The Morgan fingerprint density at radius 1 is 0.929 bits per heavy atom. The lowest BCUT2D eigenvalue weighted by Gasteiger charge is -2.26. The number of nitrogens with zero attached hydrogens (tertiary/aromatic N) is 1. The van der Waals surface area contributed by atoms with Gasteiger partial charge < -0.3 is 19.7 Å². The zero-order valence-electron chi connectivity index (χ0n) is 15.8. The van der Waals surface area contributed by atoms with E-state index in [2.05, 4.69) is 4.90 Å². The molecule has 5 heteroatoms. The van der Waals surface area contributed by atoms with E-state index in [9.17, 15) is 10.2 Å². The molecule has 0 unspecified atom stereocenters. The molecule has 4 rings (SSSR count). The Kier molecular flexibility index (Phi) is 5.65. The Hall–Kier alpha value is -2.76. The molecule has 0 atom stereocenters. The minimum Gasteiger partial charge on any atom is -0.508 e. The summed E-state index contributed by atoms with van der Waals surface area (Å²) in [5.41, 5.74) is 1.95. The molecule has 0 bridgehead atoms. The largest absolute Gasteiger partial charge is 0.508 e. The first-order valence-corrected chi connectivity index (χ1v) is 9.64. The number of rotatable bonds is 6. The summed E-state index contributed by atoms with van der Waals surface area (Å²) in [6.45, 7) is 5.10. The van der Waals surface area contributed by atoms with Crippen molar-refractivity contribution in [3.63, 3.8) is 0 Å². The van der Waals surface area contributed by atoms with Crippen LogP contribution < -0.4 is 4.74 Å². The molecule has 0 radical (unpaired) electrons. The lowest BCUT2D eigenvalue weighted by atomic mass is 9.97. The van der Waals surface area contributed by atoms with Crippen molar-refractivity contribution < 1.29 is 19.7 Å². The van der Waals surface area contributed by atoms with Gasteiger partial charge >= 0.3 is 0 Å². The molecule has 0 aliphatic carbocycles. The molecular formula is C23H25NO4. The molecule has 1 fully saturated rings. The monoisotopic (exact) mass is 379 g/mol. The van der Waals surface area contributed by atoms with Gasteiger partial charge in [0.15, 0.2) is 0 Å². The lowest BCUT2D eigenvalue weighted by Crippen LogP contribution is -2.38. The van der Waals surface area contributed by atoms with Crippen molar-refractivity contribution in [2.24, 2.45) is 0 Å². The van der Waals surface area contributed by atoms with E-state index in [1.54, 1.807) is 18.2 Å². The van der Waals surface area contributed by atoms with Crippen LogP contribution in [0.2, 0.25) is 0 Å². The molecule has 0 aromatic heterocycles. The molecule has 0 amide bonds. The summed E-state index contributed by atoms with van der Waals surface area (Å²) >= 11 is 0. The molecule has 1 aliphatic rings. The van der Waals surface area contributed by atoms with Crippen molar-refractivity contribution >= 4 is 10.8 Å². The number of benzene rings is 3. The Morgan fingerprint density at radius 3 is 2.50 bits per heavy atom. The van der Waals surface area contributed by atoms with Gasteiger partial charge in [0.05, 0.1) is 13.2 Å². The van der Waals surface area contributed by atoms with Gasteiger partial charge in [-0.05, 0) is 46.7 Å². The number of aromatic hydroxyl groups is 2. The fourth-order valence-electron chi connectivity index (χ4n) is 3.58. The van der Waals surface area contributed by atoms with Crippen LogP contribution >= 0.6 is 0 Å². The summed E-state index contributed by atoms with van der Waals surface area (Å²) in [6.07, 6.45) is 0.613. The highest BCUT2D eigenvalue weighted by atomic mass is 16.5. The quantitative estimate of drug-likeness (QED) is 0.686. The van der Waals surface area contributed by atoms with Crippen molar-refractivity contribution in [2.75, 3.05) is 39.5 Å². The van der Waals surface area contributed by atoms with Gasteiger partial charge in [-0.2, -0.15) is 0 Å². The maximum Gasteiger partial charge on any atom is 0.119 e. The second-order valence-corrected chi connectivity index (χ2v) is 7.09. The summed E-state index contributed by atoms with van der Waals surface area (Å²) in [7, 11) is 0. The lowest BCUT2D eigenvalue weighted by molar-refractivity contribution is 0.0322. The third-order valence-corrected chi connectivity index (χ3v) is 5.17. The van der Waals surface area contributed by atoms with E-state index >= 15 is 0 Å². The number of hydrogen-bond donors (Lipinski definition) is 2. The van der Waals surface area contributed by atoms with E-state index in [0.717, 1.165) is 60.5 Å². The number of hydrogen-bond acceptors (Lipinski definition) is 5. The van der Waals surface area contributed by atoms with Crippen LogP contribution in [-0.2, 0) is 11.2 Å². The molecular weight excluding hydrogens is 354 g/mol. The topological polar surface area (TPSA) is 62.2 Å². The van der Waals surface area contributed by atoms with Crippen LogP contribution in [0.3, 0.4) is 0 Å². The summed E-state index contributed by atoms with van der Waals surface area (Å²) in [5, 5.41) is 21.9. The molecule has 3 aromatic rings. The van der Waals surface area contributed by atoms with Gasteiger partial charge in [-0.3, -0.25) is 4.90 Å². The molecule has 0 saturated carbocycles. The molecule has 146 valence electrons.